The van der Waals surface area contributed by atoms with E-state index in [0.717, 1.165) is 9.40 Å². The maximum Gasteiger partial charge on any atom is 0.230 e. The van der Waals surface area contributed by atoms with Gasteiger partial charge in [0.2, 0.25) is 5.91 Å². The van der Waals surface area contributed by atoms with Crippen LogP contribution in [0.1, 0.15) is 13.8 Å². The van der Waals surface area contributed by atoms with Crippen LogP contribution >= 0.6 is 23.1 Å². The van der Waals surface area contributed by atoms with Crippen molar-refractivity contribution in [3.05, 3.63) is 30.3 Å². The number of hydrogen-bond acceptors (Lipinski definition) is 5. The van der Waals surface area contributed by atoms with Crippen LogP contribution in [0.25, 0.3) is 20.3 Å². The molecule has 7 heteroatoms. The average molecular weight is 335 g/mol. The molecule has 0 aliphatic heterocycles. The molecule has 2 aromatic heterocycles. The molecule has 0 atom stereocenters. The lowest BCUT2D eigenvalue weighted by molar-refractivity contribution is -0.119. The zero-order chi connectivity index (χ0) is 15.7. The van der Waals surface area contributed by atoms with Gasteiger partial charge in [-0.05, 0) is 26.0 Å². The molecule has 3 rings (SSSR count). The van der Waals surface area contributed by atoms with E-state index in [9.17, 15) is 9.18 Å². The van der Waals surface area contributed by atoms with Crippen molar-refractivity contribution in [2.24, 2.45) is 0 Å². The van der Waals surface area contributed by atoms with Gasteiger partial charge in [0.05, 0.1) is 21.4 Å². The van der Waals surface area contributed by atoms with Gasteiger partial charge in [0, 0.05) is 10.7 Å². The van der Waals surface area contributed by atoms with Crippen molar-refractivity contribution in [2.45, 2.75) is 24.9 Å². The fraction of sp³-hybridized carbons (Fsp3) is 0.267. The third kappa shape index (κ3) is 2.91. The Kier molecular flexibility index (Phi) is 4.26. The molecular formula is C15H14FN3OS2. The summed E-state index contributed by atoms with van der Waals surface area (Å²) < 4.78 is 15.7. The Bertz CT molecular complexity index is 847. The lowest BCUT2D eigenvalue weighted by Crippen LogP contribution is -2.31. The molecule has 22 heavy (non-hydrogen) atoms. The van der Waals surface area contributed by atoms with Crippen molar-refractivity contribution in [1.29, 1.82) is 0 Å². The molecule has 114 valence electrons. The summed E-state index contributed by atoms with van der Waals surface area (Å²) in [6, 6.07) is 5.09. The molecular weight excluding hydrogens is 321 g/mol. The highest BCUT2D eigenvalue weighted by atomic mass is 32.2. The van der Waals surface area contributed by atoms with Crippen LogP contribution in [0.4, 0.5) is 4.39 Å². The number of halogens is 1. The monoisotopic (exact) mass is 335 g/mol. The molecule has 0 saturated carbocycles. The zero-order valence-electron chi connectivity index (χ0n) is 12.1. The Morgan fingerprint density at radius 3 is 3.00 bits per heavy atom. The fourth-order valence-electron chi connectivity index (χ4n) is 2.16. The molecule has 1 N–H and O–H groups in total. The maximum atomic E-state index is 14.0. The highest BCUT2D eigenvalue weighted by molar-refractivity contribution is 8.00. The van der Waals surface area contributed by atoms with Crippen LogP contribution in [0.15, 0.2) is 29.6 Å². The number of benzene rings is 1. The van der Waals surface area contributed by atoms with Crippen LogP contribution in [-0.2, 0) is 4.79 Å². The molecule has 3 aromatic rings. The van der Waals surface area contributed by atoms with Crippen molar-refractivity contribution in [3.63, 3.8) is 0 Å². The van der Waals surface area contributed by atoms with Crippen molar-refractivity contribution in [2.75, 3.05) is 5.75 Å². The normalized spacial score (nSPS) is 11.5. The molecule has 0 unspecified atom stereocenters. The van der Waals surface area contributed by atoms with Gasteiger partial charge in [-0.25, -0.2) is 14.4 Å². The summed E-state index contributed by atoms with van der Waals surface area (Å²) >= 11 is 2.80. The first-order chi connectivity index (χ1) is 10.6. The summed E-state index contributed by atoms with van der Waals surface area (Å²) in [7, 11) is 0. The predicted molar refractivity (Wildman–Crippen MR) is 88.9 cm³/mol. The molecule has 0 radical (unpaired) electrons. The van der Waals surface area contributed by atoms with Gasteiger partial charge in [0.1, 0.15) is 17.2 Å². The van der Waals surface area contributed by atoms with E-state index in [1.807, 2.05) is 19.9 Å². The number of carbonyl (C=O) groups excluding carboxylic acids is 1. The summed E-state index contributed by atoms with van der Waals surface area (Å²) in [6.07, 6.45) is 1.42. The van der Waals surface area contributed by atoms with Gasteiger partial charge in [-0.15, -0.1) is 11.3 Å². The highest BCUT2D eigenvalue weighted by Crippen LogP contribution is 2.38. The minimum Gasteiger partial charge on any atom is -0.353 e. The lowest BCUT2D eigenvalue weighted by atomic mass is 10.2. The molecule has 0 bridgehead atoms. The second-order valence-electron chi connectivity index (χ2n) is 5.08. The van der Waals surface area contributed by atoms with Crippen LogP contribution in [0.5, 0.6) is 0 Å². The van der Waals surface area contributed by atoms with Gasteiger partial charge in [-0.2, -0.15) is 0 Å². The molecule has 0 fully saturated rings. The SMILES string of the molecule is CC(C)NC(=O)CSc1ncnc2c1sc1cccc(F)c12. The van der Waals surface area contributed by atoms with Crippen molar-refractivity contribution in [3.8, 4) is 0 Å². The summed E-state index contributed by atoms with van der Waals surface area (Å²) in [5.41, 5.74) is 0.611. The molecule has 0 spiro atoms. The van der Waals surface area contributed by atoms with E-state index in [1.54, 1.807) is 6.07 Å². The number of aromatic nitrogens is 2. The first kappa shape index (κ1) is 15.2. The Balaban J connectivity index is 1.96. The summed E-state index contributed by atoms with van der Waals surface area (Å²) in [6.45, 7) is 3.83. The smallest absolute Gasteiger partial charge is 0.230 e. The molecule has 4 nitrogen and oxygen atoms in total. The Hall–Kier alpha value is -1.73. The maximum absolute atomic E-state index is 14.0. The summed E-state index contributed by atoms with van der Waals surface area (Å²) in [5, 5.41) is 4.08. The highest BCUT2D eigenvalue weighted by Gasteiger charge is 2.15. The number of amides is 1. The molecule has 0 saturated heterocycles. The van der Waals surface area contributed by atoms with E-state index >= 15 is 0 Å². The van der Waals surface area contributed by atoms with Gasteiger partial charge in [0.15, 0.2) is 0 Å². The van der Waals surface area contributed by atoms with Gasteiger partial charge in [-0.3, -0.25) is 4.79 Å². The van der Waals surface area contributed by atoms with Gasteiger partial charge < -0.3 is 5.32 Å². The van der Waals surface area contributed by atoms with Crippen LogP contribution < -0.4 is 5.32 Å². The van der Waals surface area contributed by atoms with Crippen molar-refractivity contribution >= 4 is 49.3 Å². The molecule has 2 heterocycles. The van der Waals surface area contributed by atoms with Gasteiger partial charge in [-0.1, -0.05) is 17.8 Å². The Morgan fingerprint density at radius 1 is 1.41 bits per heavy atom. The minimum absolute atomic E-state index is 0.0425. The first-order valence-corrected chi connectivity index (χ1v) is 8.60. The van der Waals surface area contributed by atoms with E-state index in [-0.39, 0.29) is 23.5 Å². The summed E-state index contributed by atoms with van der Waals surface area (Å²) in [4.78, 5) is 20.2. The average Bonchev–Trinajstić information content (AvgIpc) is 2.84. The van der Waals surface area contributed by atoms with Gasteiger partial charge >= 0.3 is 0 Å². The first-order valence-electron chi connectivity index (χ1n) is 6.80. The lowest BCUT2D eigenvalue weighted by Gasteiger charge is -2.07. The third-order valence-electron chi connectivity index (χ3n) is 2.98. The zero-order valence-corrected chi connectivity index (χ0v) is 13.7. The van der Waals surface area contributed by atoms with Crippen LogP contribution in [0.2, 0.25) is 0 Å². The van der Waals surface area contributed by atoms with E-state index in [4.69, 9.17) is 0 Å². The number of nitrogens with zero attached hydrogens (tertiary/aromatic N) is 2. The second kappa shape index (κ2) is 6.18. The minimum atomic E-state index is -0.282. The van der Waals surface area contributed by atoms with Crippen LogP contribution in [0.3, 0.4) is 0 Å². The Labute approximate surface area is 135 Å². The molecule has 0 aliphatic carbocycles. The van der Waals surface area contributed by atoms with E-state index in [1.165, 1.54) is 35.5 Å². The molecule has 0 aliphatic rings. The largest absolute Gasteiger partial charge is 0.353 e. The van der Waals surface area contributed by atoms with Gasteiger partial charge in [0.25, 0.3) is 0 Å². The second-order valence-corrected chi connectivity index (χ2v) is 7.10. The van der Waals surface area contributed by atoms with Crippen LogP contribution in [0, 0.1) is 5.82 Å². The summed E-state index contributed by atoms with van der Waals surface area (Å²) in [5.74, 6) is -0.0453. The molecule has 1 amide bonds. The number of hydrogen-bond donors (Lipinski definition) is 1. The van der Waals surface area contributed by atoms with Crippen LogP contribution in [-0.4, -0.2) is 27.7 Å². The number of nitrogens with one attached hydrogen (secondary N) is 1. The fourth-order valence-corrected chi connectivity index (χ4v) is 4.21. The number of fused-ring (bicyclic) bond motifs is 3. The number of rotatable bonds is 4. The Morgan fingerprint density at radius 2 is 2.23 bits per heavy atom. The topological polar surface area (TPSA) is 54.9 Å². The van der Waals surface area contributed by atoms with Crippen molar-refractivity contribution < 1.29 is 9.18 Å². The van der Waals surface area contributed by atoms with E-state index in [0.29, 0.717) is 15.9 Å². The van der Waals surface area contributed by atoms with E-state index in [2.05, 4.69) is 15.3 Å². The number of thioether (sulfide) groups is 1. The predicted octanol–water partition coefficient (Wildman–Crippen LogP) is 3.60. The number of thiophene rings is 1. The number of carbonyl (C=O) groups is 1. The third-order valence-corrected chi connectivity index (χ3v) is 5.25. The van der Waals surface area contributed by atoms with E-state index < -0.39 is 0 Å². The molecule has 1 aromatic carbocycles. The quantitative estimate of drug-likeness (QED) is 0.585. The standard InChI is InChI=1S/C15H14FN3OS2/c1-8(2)19-11(20)6-21-15-14-13(17-7-18-15)12-9(16)4-3-5-10(12)22-14/h3-5,7-8H,6H2,1-2H3,(H,19,20). The van der Waals surface area contributed by atoms with Crippen molar-refractivity contribution in [1.82, 2.24) is 15.3 Å².